The molecule has 0 saturated carbocycles. The summed E-state index contributed by atoms with van der Waals surface area (Å²) in [7, 11) is 0. The van der Waals surface area contributed by atoms with E-state index in [1.165, 1.54) is 11.3 Å². The fourth-order valence-electron chi connectivity index (χ4n) is 1.49. The lowest BCUT2D eigenvalue weighted by Crippen LogP contribution is -1.99. The highest BCUT2D eigenvalue weighted by Crippen LogP contribution is 2.23. The van der Waals surface area contributed by atoms with E-state index in [9.17, 15) is 4.79 Å². The molecule has 0 fully saturated rings. The van der Waals surface area contributed by atoms with Crippen LogP contribution >= 0.6 is 11.3 Å². The quantitative estimate of drug-likeness (QED) is 0.864. The summed E-state index contributed by atoms with van der Waals surface area (Å²) in [6.07, 6.45) is 3.53. The lowest BCUT2D eigenvalue weighted by molar-refractivity contribution is -0.136. The summed E-state index contributed by atoms with van der Waals surface area (Å²) in [4.78, 5) is 19.8. The SMILES string of the molecule is Cc1nc(NCc2cccnc2)sc1CC(=O)O. The van der Waals surface area contributed by atoms with Gasteiger partial charge in [0.1, 0.15) is 0 Å². The zero-order valence-corrected chi connectivity index (χ0v) is 10.7. The number of carbonyl (C=O) groups is 1. The molecule has 0 saturated heterocycles. The molecule has 2 N–H and O–H groups in total. The zero-order valence-electron chi connectivity index (χ0n) is 9.88. The van der Waals surface area contributed by atoms with Crippen LogP contribution in [-0.2, 0) is 17.8 Å². The van der Waals surface area contributed by atoms with E-state index in [2.05, 4.69) is 15.3 Å². The van der Waals surface area contributed by atoms with Gasteiger partial charge in [0.25, 0.3) is 0 Å². The van der Waals surface area contributed by atoms with Gasteiger partial charge in [-0.05, 0) is 18.6 Å². The minimum absolute atomic E-state index is 0.0259. The summed E-state index contributed by atoms with van der Waals surface area (Å²) in [5.41, 5.74) is 1.83. The van der Waals surface area contributed by atoms with E-state index in [1.54, 1.807) is 12.4 Å². The van der Waals surface area contributed by atoms with Crippen LogP contribution in [-0.4, -0.2) is 21.0 Å². The second-order valence-corrected chi connectivity index (χ2v) is 4.90. The van der Waals surface area contributed by atoms with E-state index in [0.29, 0.717) is 6.54 Å². The number of hydrogen-bond donors (Lipinski definition) is 2. The van der Waals surface area contributed by atoms with Gasteiger partial charge >= 0.3 is 5.97 Å². The summed E-state index contributed by atoms with van der Waals surface area (Å²) in [5, 5.41) is 12.7. The standard InChI is InChI=1S/C12H13N3O2S/c1-8-10(5-11(16)17)18-12(15-8)14-7-9-3-2-4-13-6-9/h2-4,6H,5,7H2,1H3,(H,14,15)(H,16,17). The highest BCUT2D eigenvalue weighted by atomic mass is 32.1. The number of aliphatic carboxylic acids is 1. The molecule has 0 aliphatic carbocycles. The smallest absolute Gasteiger partial charge is 0.308 e. The van der Waals surface area contributed by atoms with E-state index in [1.807, 2.05) is 19.1 Å². The number of anilines is 1. The van der Waals surface area contributed by atoms with Gasteiger partial charge in [0.2, 0.25) is 0 Å². The Morgan fingerprint density at radius 2 is 2.39 bits per heavy atom. The predicted molar refractivity (Wildman–Crippen MR) is 69.8 cm³/mol. The van der Waals surface area contributed by atoms with E-state index >= 15 is 0 Å². The molecular formula is C12H13N3O2S. The Hall–Kier alpha value is -1.95. The zero-order chi connectivity index (χ0) is 13.0. The molecule has 2 rings (SSSR count). The van der Waals surface area contributed by atoms with Crippen LogP contribution in [0.3, 0.4) is 0 Å². The van der Waals surface area contributed by atoms with Gasteiger partial charge < -0.3 is 10.4 Å². The van der Waals surface area contributed by atoms with Crippen molar-refractivity contribution in [3.63, 3.8) is 0 Å². The lowest BCUT2D eigenvalue weighted by Gasteiger charge is -2.01. The number of rotatable bonds is 5. The molecule has 0 aromatic carbocycles. The van der Waals surface area contributed by atoms with Crippen molar-refractivity contribution >= 4 is 22.4 Å². The van der Waals surface area contributed by atoms with Gasteiger partial charge in [-0.2, -0.15) is 0 Å². The number of aryl methyl sites for hydroxylation is 1. The normalized spacial score (nSPS) is 10.3. The van der Waals surface area contributed by atoms with Gasteiger partial charge in [-0.1, -0.05) is 6.07 Å². The highest BCUT2D eigenvalue weighted by Gasteiger charge is 2.10. The Labute approximate surface area is 109 Å². The molecule has 0 aliphatic rings. The van der Waals surface area contributed by atoms with Crippen molar-refractivity contribution in [3.05, 3.63) is 40.7 Å². The maximum Gasteiger partial charge on any atom is 0.308 e. The number of nitrogens with one attached hydrogen (secondary N) is 1. The number of carboxylic acid groups (broad SMARTS) is 1. The largest absolute Gasteiger partial charge is 0.481 e. The summed E-state index contributed by atoms with van der Waals surface area (Å²) in [6, 6.07) is 3.85. The van der Waals surface area contributed by atoms with E-state index in [0.717, 1.165) is 21.3 Å². The maximum atomic E-state index is 10.7. The number of thiazole rings is 1. The predicted octanol–water partition coefficient (Wildman–Crippen LogP) is 2.09. The number of carboxylic acids is 1. The van der Waals surface area contributed by atoms with Crippen molar-refractivity contribution in [1.29, 1.82) is 0 Å². The fraction of sp³-hybridized carbons (Fsp3) is 0.250. The van der Waals surface area contributed by atoms with Crippen molar-refractivity contribution < 1.29 is 9.90 Å². The molecule has 0 aliphatic heterocycles. The van der Waals surface area contributed by atoms with Crippen LogP contribution < -0.4 is 5.32 Å². The Bertz CT molecular complexity index is 540. The molecule has 18 heavy (non-hydrogen) atoms. The number of hydrogen-bond acceptors (Lipinski definition) is 5. The first-order valence-electron chi connectivity index (χ1n) is 5.46. The van der Waals surface area contributed by atoms with Crippen molar-refractivity contribution in [2.75, 3.05) is 5.32 Å². The Morgan fingerprint density at radius 3 is 3.06 bits per heavy atom. The van der Waals surface area contributed by atoms with Gasteiger partial charge in [-0.3, -0.25) is 9.78 Å². The average molecular weight is 263 g/mol. The van der Waals surface area contributed by atoms with Gasteiger partial charge in [0.05, 0.1) is 12.1 Å². The van der Waals surface area contributed by atoms with E-state index in [-0.39, 0.29) is 6.42 Å². The Morgan fingerprint density at radius 1 is 1.56 bits per heavy atom. The van der Waals surface area contributed by atoms with Crippen LogP contribution in [0.2, 0.25) is 0 Å². The Kier molecular flexibility index (Phi) is 3.88. The van der Waals surface area contributed by atoms with E-state index in [4.69, 9.17) is 5.11 Å². The topological polar surface area (TPSA) is 75.1 Å². The lowest BCUT2D eigenvalue weighted by atomic mass is 10.3. The summed E-state index contributed by atoms with van der Waals surface area (Å²) < 4.78 is 0. The molecule has 2 heterocycles. The third-order valence-electron chi connectivity index (χ3n) is 2.37. The van der Waals surface area contributed by atoms with Gasteiger partial charge in [0, 0.05) is 23.8 Å². The number of nitrogens with zero attached hydrogens (tertiary/aromatic N) is 2. The van der Waals surface area contributed by atoms with Crippen LogP contribution in [0.25, 0.3) is 0 Å². The monoisotopic (exact) mass is 263 g/mol. The molecule has 6 heteroatoms. The summed E-state index contributed by atoms with van der Waals surface area (Å²) >= 11 is 1.38. The first kappa shape index (κ1) is 12.5. The summed E-state index contributed by atoms with van der Waals surface area (Å²) in [6.45, 7) is 2.46. The second kappa shape index (κ2) is 5.59. The number of pyridine rings is 1. The molecule has 0 unspecified atom stereocenters. The number of aromatic nitrogens is 2. The molecular weight excluding hydrogens is 250 g/mol. The van der Waals surface area contributed by atoms with Crippen LogP contribution in [0.1, 0.15) is 16.1 Å². The van der Waals surface area contributed by atoms with Crippen molar-refractivity contribution in [1.82, 2.24) is 9.97 Å². The van der Waals surface area contributed by atoms with Crippen molar-refractivity contribution in [2.24, 2.45) is 0 Å². The molecule has 0 spiro atoms. The van der Waals surface area contributed by atoms with Crippen molar-refractivity contribution in [2.45, 2.75) is 19.9 Å². The van der Waals surface area contributed by atoms with Crippen LogP contribution in [0, 0.1) is 6.92 Å². The van der Waals surface area contributed by atoms with Gasteiger partial charge in [-0.25, -0.2) is 4.98 Å². The Balaban J connectivity index is 2.00. The molecule has 5 nitrogen and oxygen atoms in total. The highest BCUT2D eigenvalue weighted by molar-refractivity contribution is 7.15. The second-order valence-electron chi connectivity index (χ2n) is 3.81. The molecule has 2 aromatic heterocycles. The van der Waals surface area contributed by atoms with Crippen LogP contribution in [0.15, 0.2) is 24.5 Å². The maximum absolute atomic E-state index is 10.7. The third kappa shape index (κ3) is 3.27. The van der Waals surface area contributed by atoms with Crippen LogP contribution in [0.5, 0.6) is 0 Å². The molecule has 0 atom stereocenters. The van der Waals surface area contributed by atoms with Crippen molar-refractivity contribution in [3.8, 4) is 0 Å². The first-order chi connectivity index (χ1) is 8.65. The fourth-order valence-corrected chi connectivity index (χ4v) is 2.43. The minimum atomic E-state index is -0.833. The first-order valence-corrected chi connectivity index (χ1v) is 6.27. The van der Waals surface area contributed by atoms with Gasteiger partial charge in [0.15, 0.2) is 5.13 Å². The minimum Gasteiger partial charge on any atom is -0.481 e. The molecule has 0 radical (unpaired) electrons. The molecule has 0 bridgehead atoms. The van der Waals surface area contributed by atoms with Crippen LogP contribution in [0.4, 0.5) is 5.13 Å². The average Bonchev–Trinajstić information content (AvgIpc) is 2.68. The molecule has 2 aromatic rings. The van der Waals surface area contributed by atoms with Gasteiger partial charge in [-0.15, -0.1) is 11.3 Å². The molecule has 0 amide bonds. The summed E-state index contributed by atoms with van der Waals surface area (Å²) in [5.74, 6) is -0.833. The third-order valence-corrected chi connectivity index (χ3v) is 3.49. The molecule has 94 valence electrons. The van der Waals surface area contributed by atoms with E-state index < -0.39 is 5.97 Å².